The van der Waals surface area contributed by atoms with Gasteiger partial charge in [0.2, 0.25) is 0 Å². The zero-order valence-electron chi connectivity index (χ0n) is 7.63. The minimum absolute atomic E-state index is 0.174. The van der Waals surface area contributed by atoms with Gasteiger partial charge < -0.3 is 5.11 Å². The molecule has 0 aromatic rings. The Hall–Kier alpha value is -0.730. The highest BCUT2D eigenvalue weighted by Gasteiger charge is 2.39. The molecule has 1 N–H and O–H groups in total. The third kappa shape index (κ3) is 1.95. The van der Waals surface area contributed by atoms with Crippen molar-refractivity contribution in [3.05, 3.63) is 10.4 Å². The highest BCUT2D eigenvalue weighted by Crippen LogP contribution is 2.47. The summed E-state index contributed by atoms with van der Waals surface area (Å²) in [6, 6.07) is -0.174. The molecule has 2 aliphatic rings. The lowest BCUT2D eigenvalue weighted by Gasteiger charge is -2.20. The molecule has 2 aliphatic carbocycles. The molecule has 72 valence electrons. The van der Waals surface area contributed by atoms with Gasteiger partial charge in [-0.2, -0.15) is 0 Å². The molecule has 4 atom stereocenters. The van der Waals surface area contributed by atoms with E-state index in [1.165, 1.54) is 6.42 Å². The molecule has 4 heteroatoms. The fourth-order valence-electron chi connectivity index (χ4n) is 2.37. The zero-order valence-corrected chi connectivity index (χ0v) is 7.63. The number of nitrogens with zero attached hydrogens (tertiary/aromatic N) is 3. The van der Waals surface area contributed by atoms with Crippen molar-refractivity contribution in [1.82, 2.24) is 0 Å². The van der Waals surface area contributed by atoms with Gasteiger partial charge in [-0.25, -0.2) is 0 Å². The smallest absolute Gasteiger partial charge is 0.0633 e. The highest BCUT2D eigenvalue weighted by molar-refractivity contribution is 4.92. The van der Waals surface area contributed by atoms with Crippen molar-refractivity contribution < 1.29 is 5.11 Å². The minimum Gasteiger partial charge on any atom is -0.393 e. The number of rotatable bonds is 1. The average molecular weight is 181 g/mol. The van der Waals surface area contributed by atoms with Crippen LogP contribution in [0.25, 0.3) is 10.4 Å². The minimum atomic E-state index is -0.405. The second-order valence-electron chi connectivity index (χ2n) is 4.25. The number of aliphatic hydroxyl groups excluding tert-OH is 1. The van der Waals surface area contributed by atoms with Crippen LogP contribution in [0.5, 0.6) is 0 Å². The quantitative estimate of drug-likeness (QED) is 0.376. The Morgan fingerprint density at radius 1 is 1.15 bits per heavy atom. The van der Waals surface area contributed by atoms with Crippen molar-refractivity contribution in [1.29, 1.82) is 0 Å². The highest BCUT2D eigenvalue weighted by atomic mass is 16.3. The van der Waals surface area contributed by atoms with E-state index in [1.54, 1.807) is 0 Å². The van der Waals surface area contributed by atoms with E-state index in [4.69, 9.17) is 5.53 Å². The Labute approximate surface area is 77.6 Å². The maximum atomic E-state index is 9.68. The first kappa shape index (κ1) is 8.85. The van der Waals surface area contributed by atoms with Crippen molar-refractivity contribution in [2.45, 2.75) is 44.2 Å². The summed E-state index contributed by atoms with van der Waals surface area (Å²) in [5.74, 6) is 1.73. The van der Waals surface area contributed by atoms with Crippen LogP contribution in [0.3, 0.4) is 0 Å². The molecule has 0 aromatic carbocycles. The number of fused-ring (bicyclic) bond motifs is 1. The van der Waals surface area contributed by atoms with E-state index in [-0.39, 0.29) is 6.04 Å². The first-order valence-electron chi connectivity index (χ1n) is 5.03. The first-order chi connectivity index (χ1) is 6.31. The van der Waals surface area contributed by atoms with Crippen LogP contribution in [0.15, 0.2) is 5.11 Å². The molecule has 0 radical (unpaired) electrons. The Morgan fingerprint density at radius 2 is 1.85 bits per heavy atom. The molecule has 2 fully saturated rings. The van der Waals surface area contributed by atoms with Gasteiger partial charge >= 0.3 is 0 Å². The third-order valence-corrected chi connectivity index (χ3v) is 3.38. The van der Waals surface area contributed by atoms with E-state index in [2.05, 4.69) is 10.0 Å². The van der Waals surface area contributed by atoms with E-state index in [1.807, 2.05) is 0 Å². The van der Waals surface area contributed by atoms with Crippen molar-refractivity contribution in [2.24, 2.45) is 17.0 Å². The van der Waals surface area contributed by atoms with Crippen LogP contribution in [0.1, 0.15) is 32.1 Å². The van der Waals surface area contributed by atoms with Crippen LogP contribution in [-0.4, -0.2) is 17.3 Å². The van der Waals surface area contributed by atoms with Gasteiger partial charge in [0.05, 0.1) is 12.1 Å². The lowest BCUT2D eigenvalue weighted by atomic mass is 9.95. The predicted octanol–water partition coefficient (Wildman–Crippen LogP) is 2.24. The summed E-state index contributed by atoms with van der Waals surface area (Å²) >= 11 is 0. The zero-order chi connectivity index (χ0) is 9.26. The summed E-state index contributed by atoms with van der Waals surface area (Å²) in [6.45, 7) is 0. The summed E-state index contributed by atoms with van der Waals surface area (Å²) in [6.07, 6.45) is 4.85. The second-order valence-corrected chi connectivity index (χ2v) is 4.25. The molecule has 0 aliphatic heterocycles. The lowest BCUT2D eigenvalue weighted by Crippen LogP contribution is -2.25. The molecule has 4 nitrogen and oxygen atoms in total. The largest absolute Gasteiger partial charge is 0.393 e. The Bertz CT molecular complexity index is 237. The van der Waals surface area contributed by atoms with E-state index in [0.717, 1.165) is 37.5 Å². The van der Waals surface area contributed by atoms with Gasteiger partial charge in [0.1, 0.15) is 0 Å². The molecule has 0 spiro atoms. The van der Waals surface area contributed by atoms with Crippen LogP contribution in [-0.2, 0) is 0 Å². The van der Waals surface area contributed by atoms with Gasteiger partial charge in [0.15, 0.2) is 0 Å². The third-order valence-electron chi connectivity index (χ3n) is 3.38. The summed E-state index contributed by atoms with van der Waals surface area (Å²) in [7, 11) is 0. The fraction of sp³-hybridized carbons (Fsp3) is 1.00. The van der Waals surface area contributed by atoms with Gasteiger partial charge in [-0.3, -0.25) is 0 Å². The molecular formula is C9H15N3O. The van der Waals surface area contributed by atoms with Gasteiger partial charge in [-0.15, -0.1) is 0 Å². The number of azide groups is 1. The number of hydrogen-bond donors (Lipinski definition) is 1. The normalized spacial score (nSPS) is 43.8. The molecule has 0 heterocycles. The van der Waals surface area contributed by atoms with Crippen molar-refractivity contribution in [3.8, 4) is 0 Å². The molecule has 0 amide bonds. The summed E-state index contributed by atoms with van der Waals surface area (Å²) in [5.41, 5.74) is 8.32. The van der Waals surface area contributed by atoms with Crippen LogP contribution < -0.4 is 0 Å². The molecule has 0 saturated heterocycles. The Balaban J connectivity index is 1.96. The van der Waals surface area contributed by atoms with Crippen LogP contribution in [0.2, 0.25) is 0 Å². The molecule has 2 rings (SSSR count). The number of aliphatic hydroxyl groups is 1. The van der Waals surface area contributed by atoms with Crippen molar-refractivity contribution in [2.75, 3.05) is 0 Å². The summed E-state index contributed by atoms with van der Waals surface area (Å²) in [5, 5.41) is 13.3. The Kier molecular flexibility index (Phi) is 2.42. The maximum Gasteiger partial charge on any atom is 0.0633 e. The molecular weight excluding hydrogens is 166 g/mol. The van der Waals surface area contributed by atoms with Crippen molar-refractivity contribution in [3.63, 3.8) is 0 Å². The predicted molar refractivity (Wildman–Crippen MR) is 49.0 cm³/mol. The molecule has 0 bridgehead atoms. The summed E-state index contributed by atoms with van der Waals surface area (Å²) in [4.78, 5) is 2.79. The van der Waals surface area contributed by atoms with Gasteiger partial charge in [0.25, 0.3) is 0 Å². The summed E-state index contributed by atoms with van der Waals surface area (Å²) < 4.78 is 0. The molecule has 2 saturated carbocycles. The van der Waals surface area contributed by atoms with E-state index in [0.29, 0.717) is 0 Å². The molecule has 13 heavy (non-hydrogen) atoms. The van der Waals surface area contributed by atoms with Gasteiger partial charge in [-0.05, 0) is 49.5 Å². The average Bonchev–Trinajstić information content (AvgIpc) is 2.84. The molecule has 0 aromatic heterocycles. The lowest BCUT2D eigenvalue weighted by molar-refractivity contribution is 0.119. The topological polar surface area (TPSA) is 69.0 Å². The van der Waals surface area contributed by atoms with Crippen molar-refractivity contribution >= 4 is 0 Å². The molecule has 0 unspecified atom stereocenters. The van der Waals surface area contributed by atoms with E-state index in [9.17, 15) is 5.11 Å². The maximum absolute atomic E-state index is 9.68. The van der Waals surface area contributed by atoms with Crippen LogP contribution >= 0.6 is 0 Å². The first-order valence-corrected chi connectivity index (χ1v) is 5.03. The SMILES string of the molecule is [N-]=[N+]=N[C@@H]1CC[C@@H]2C[C@@H]2CC[C@@H]1O. The monoisotopic (exact) mass is 181 g/mol. The van der Waals surface area contributed by atoms with Gasteiger partial charge in [0, 0.05) is 4.91 Å². The van der Waals surface area contributed by atoms with E-state index >= 15 is 0 Å². The number of hydrogen-bond acceptors (Lipinski definition) is 2. The van der Waals surface area contributed by atoms with Crippen LogP contribution in [0.4, 0.5) is 0 Å². The Morgan fingerprint density at radius 3 is 2.54 bits per heavy atom. The van der Waals surface area contributed by atoms with Crippen LogP contribution in [0, 0.1) is 11.8 Å². The second kappa shape index (κ2) is 3.56. The fourth-order valence-corrected chi connectivity index (χ4v) is 2.37. The van der Waals surface area contributed by atoms with E-state index < -0.39 is 6.10 Å². The van der Waals surface area contributed by atoms with Gasteiger partial charge in [-0.1, -0.05) is 5.11 Å². The standard InChI is InChI=1S/C9H15N3O/c10-12-11-8-3-1-6-5-7(6)2-4-9(8)13/h6-9,13H,1-5H2/t6-,7+,8-,9+/m1/s1.